The molecular formula is C24H18Cl2N4O2. The van der Waals surface area contributed by atoms with Crippen LogP contribution in [0.5, 0.6) is 0 Å². The average molecular weight is 465 g/mol. The number of amides is 2. The lowest BCUT2D eigenvalue weighted by Crippen LogP contribution is -2.19. The summed E-state index contributed by atoms with van der Waals surface area (Å²) in [7, 11) is 0. The Hall–Kier alpha value is -3.61. The average Bonchev–Trinajstić information content (AvgIpc) is 3.21. The van der Waals surface area contributed by atoms with Gasteiger partial charge < -0.3 is 10.3 Å². The maximum atomic E-state index is 12.6. The number of hydrogen-bond donors (Lipinski definition) is 3. The summed E-state index contributed by atoms with van der Waals surface area (Å²) in [6.45, 7) is 1.77. The van der Waals surface area contributed by atoms with Crippen molar-refractivity contribution >= 4 is 57.3 Å². The van der Waals surface area contributed by atoms with Gasteiger partial charge in [0.05, 0.1) is 21.9 Å². The number of fused-ring (bicyclic) bond motifs is 1. The molecule has 4 rings (SSSR count). The zero-order valence-corrected chi connectivity index (χ0v) is 18.5. The summed E-state index contributed by atoms with van der Waals surface area (Å²) in [4.78, 5) is 28.2. The molecule has 0 aliphatic heterocycles. The van der Waals surface area contributed by atoms with Crippen molar-refractivity contribution in [2.75, 3.05) is 5.32 Å². The lowest BCUT2D eigenvalue weighted by Gasteiger charge is -2.09. The van der Waals surface area contributed by atoms with Crippen LogP contribution < -0.4 is 10.7 Å². The molecule has 0 spiro atoms. The molecular weight excluding hydrogens is 447 g/mol. The van der Waals surface area contributed by atoms with Crippen molar-refractivity contribution in [3.63, 3.8) is 0 Å². The van der Waals surface area contributed by atoms with E-state index in [1.807, 2.05) is 30.3 Å². The fraction of sp³-hybridized carbons (Fsp3) is 0.0417. The molecule has 1 heterocycles. The van der Waals surface area contributed by atoms with Gasteiger partial charge in [-0.1, -0.05) is 53.5 Å². The minimum absolute atomic E-state index is 0.267. The largest absolute Gasteiger partial charge is 0.360 e. The molecule has 0 saturated heterocycles. The van der Waals surface area contributed by atoms with Gasteiger partial charge in [0.15, 0.2) is 0 Å². The second kappa shape index (κ2) is 9.26. The van der Waals surface area contributed by atoms with Crippen molar-refractivity contribution < 1.29 is 9.59 Å². The van der Waals surface area contributed by atoms with Gasteiger partial charge in [-0.25, -0.2) is 5.43 Å². The number of para-hydroxylation sites is 1. The van der Waals surface area contributed by atoms with E-state index < -0.39 is 0 Å². The summed E-state index contributed by atoms with van der Waals surface area (Å²) in [5.74, 6) is -0.672. The van der Waals surface area contributed by atoms with Gasteiger partial charge >= 0.3 is 0 Å². The maximum absolute atomic E-state index is 12.6. The summed E-state index contributed by atoms with van der Waals surface area (Å²) >= 11 is 12.0. The molecule has 3 N–H and O–H groups in total. The lowest BCUT2D eigenvalue weighted by atomic mass is 10.1. The number of anilines is 1. The Morgan fingerprint density at radius 2 is 1.72 bits per heavy atom. The Labute approximate surface area is 194 Å². The number of nitrogens with one attached hydrogen (secondary N) is 3. The third kappa shape index (κ3) is 4.66. The molecule has 2 amide bonds. The molecule has 6 nitrogen and oxygen atoms in total. The molecule has 0 radical (unpaired) electrons. The number of benzene rings is 3. The molecule has 4 aromatic rings. The van der Waals surface area contributed by atoms with Crippen LogP contribution in [0.2, 0.25) is 10.0 Å². The van der Waals surface area contributed by atoms with Crippen LogP contribution in [0.15, 0.2) is 78.0 Å². The Morgan fingerprint density at radius 1 is 0.906 bits per heavy atom. The second-order valence-corrected chi connectivity index (χ2v) is 7.89. The predicted molar refractivity (Wildman–Crippen MR) is 129 cm³/mol. The summed E-state index contributed by atoms with van der Waals surface area (Å²) in [6.07, 6.45) is 1.66. The number of hydrazone groups is 1. The van der Waals surface area contributed by atoms with Gasteiger partial charge in [0.1, 0.15) is 0 Å². The highest BCUT2D eigenvalue weighted by atomic mass is 35.5. The van der Waals surface area contributed by atoms with Gasteiger partial charge in [-0.15, -0.1) is 0 Å². The quantitative estimate of drug-likeness (QED) is 0.254. The van der Waals surface area contributed by atoms with E-state index in [0.29, 0.717) is 27.5 Å². The van der Waals surface area contributed by atoms with Crippen molar-refractivity contribution in [2.24, 2.45) is 5.10 Å². The summed E-state index contributed by atoms with van der Waals surface area (Å²) in [5.41, 5.74) is 6.18. The number of halogens is 2. The topological polar surface area (TPSA) is 86.3 Å². The van der Waals surface area contributed by atoms with E-state index in [0.717, 1.165) is 16.5 Å². The van der Waals surface area contributed by atoms with Crippen LogP contribution >= 0.6 is 23.2 Å². The fourth-order valence-electron chi connectivity index (χ4n) is 3.21. The molecule has 0 atom stereocenters. The van der Waals surface area contributed by atoms with Crippen LogP contribution in [-0.2, 0) is 0 Å². The molecule has 0 saturated carbocycles. The van der Waals surface area contributed by atoms with Crippen LogP contribution in [0.1, 0.15) is 33.2 Å². The Morgan fingerprint density at radius 3 is 2.53 bits per heavy atom. The first-order valence-corrected chi connectivity index (χ1v) is 10.5. The van der Waals surface area contributed by atoms with E-state index >= 15 is 0 Å². The molecule has 32 heavy (non-hydrogen) atoms. The van der Waals surface area contributed by atoms with Crippen molar-refractivity contribution in [1.82, 2.24) is 10.4 Å². The molecule has 0 aliphatic rings. The van der Waals surface area contributed by atoms with Crippen LogP contribution in [0.3, 0.4) is 0 Å². The molecule has 3 aromatic carbocycles. The summed E-state index contributed by atoms with van der Waals surface area (Å²) in [6, 6.07) is 19.4. The highest BCUT2D eigenvalue weighted by molar-refractivity contribution is 6.37. The molecule has 8 heteroatoms. The maximum Gasteiger partial charge on any atom is 0.273 e. The van der Waals surface area contributed by atoms with Gasteiger partial charge in [-0.2, -0.15) is 5.10 Å². The minimum atomic E-state index is -0.356. The van der Waals surface area contributed by atoms with E-state index in [2.05, 4.69) is 20.8 Å². The second-order valence-electron chi connectivity index (χ2n) is 7.05. The first kappa shape index (κ1) is 21.6. The molecule has 0 aliphatic carbocycles. The van der Waals surface area contributed by atoms with Crippen molar-refractivity contribution in [3.05, 3.63) is 99.7 Å². The van der Waals surface area contributed by atoms with Gasteiger partial charge in [0, 0.05) is 27.8 Å². The third-order valence-corrected chi connectivity index (χ3v) is 5.42. The number of H-pyrrole nitrogens is 1. The lowest BCUT2D eigenvalue weighted by molar-refractivity contribution is 0.0955. The number of carbonyl (C=O) groups is 2. The predicted octanol–water partition coefficient (Wildman–Crippen LogP) is 5.88. The molecule has 0 unspecified atom stereocenters. The smallest absolute Gasteiger partial charge is 0.273 e. The fourth-order valence-corrected chi connectivity index (χ4v) is 3.71. The van der Waals surface area contributed by atoms with E-state index in [1.54, 1.807) is 43.5 Å². The highest BCUT2D eigenvalue weighted by Crippen LogP contribution is 2.22. The van der Waals surface area contributed by atoms with E-state index in [9.17, 15) is 9.59 Å². The Bertz CT molecular complexity index is 1360. The van der Waals surface area contributed by atoms with Crippen LogP contribution in [0.4, 0.5) is 5.69 Å². The standard InChI is InChI=1S/C24H18Cl2N4O2/c1-14(29-30-24(32)20-13-27-22-8-3-2-7-18(20)22)15-5-4-6-17(11-15)28-23(31)19-10-9-16(25)12-21(19)26/h2-13,27H,1H3,(H,28,31)(H,30,32). The third-order valence-electron chi connectivity index (χ3n) is 4.87. The molecule has 160 valence electrons. The summed E-state index contributed by atoms with van der Waals surface area (Å²) in [5, 5.41) is 8.57. The Kier molecular flexibility index (Phi) is 6.25. The number of hydrogen-bond acceptors (Lipinski definition) is 3. The van der Waals surface area contributed by atoms with Gasteiger partial charge in [-0.3, -0.25) is 9.59 Å². The van der Waals surface area contributed by atoms with Gasteiger partial charge in [0.25, 0.3) is 11.8 Å². The first-order chi connectivity index (χ1) is 15.4. The molecule has 0 fully saturated rings. The van der Waals surface area contributed by atoms with Crippen LogP contribution in [0.25, 0.3) is 10.9 Å². The van der Waals surface area contributed by atoms with Crippen molar-refractivity contribution in [2.45, 2.75) is 6.92 Å². The number of aromatic amines is 1. The number of nitrogens with zero attached hydrogens (tertiary/aromatic N) is 1. The van der Waals surface area contributed by atoms with E-state index in [1.165, 1.54) is 6.07 Å². The molecule has 1 aromatic heterocycles. The van der Waals surface area contributed by atoms with E-state index in [-0.39, 0.29) is 16.8 Å². The number of carbonyl (C=O) groups excluding carboxylic acids is 2. The van der Waals surface area contributed by atoms with Crippen LogP contribution in [-0.4, -0.2) is 22.5 Å². The van der Waals surface area contributed by atoms with Gasteiger partial charge in [-0.05, 0) is 48.9 Å². The van der Waals surface area contributed by atoms with Crippen LogP contribution in [0, 0.1) is 0 Å². The highest BCUT2D eigenvalue weighted by Gasteiger charge is 2.13. The zero-order valence-electron chi connectivity index (χ0n) is 16.9. The zero-order chi connectivity index (χ0) is 22.7. The minimum Gasteiger partial charge on any atom is -0.360 e. The molecule has 0 bridgehead atoms. The number of rotatable bonds is 5. The normalized spacial score (nSPS) is 11.4. The first-order valence-electron chi connectivity index (χ1n) is 9.70. The van der Waals surface area contributed by atoms with Crippen molar-refractivity contribution in [1.29, 1.82) is 0 Å². The van der Waals surface area contributed by atoms with E-state index in [4.69, 9.17) is 23.2 Å². The summed E-state index contributed by atoms with van der Waals surface area (Å²) < 4.78 is 0. The monoisotopic (exact) mass is 464 g/mol. The number of aromatic nitrogens is 1. The Balaban J connectivity index is 1.48. The van der Waals surface area contributed by atoms with Gasteiger partial charge in [0.2, 0.25) is 0 Å². The van der Waals surface area contributed by atoms with Crippen molar-refractivity contribution in [3.8, 4) is 0 Å². The SMILES string of the molecule is CC(=NNC(=O)c1c[nH]c2ccccc12)c1cccc(NC(=O)c2ccc(Cl)cc2Cl)c1.